The Morgan fingerprint density at radius 3 is 2.88 bits per heavy atom. The van der Waals surface area contributed by atoms with E-state index in [0.29, 0.717) is 24.8 Å². The molecule has 1 aliphatic heterocycles. The minimum Gasteiger partial charge on any atom is -0.476 e. The molecule has 1 saturated heterocycles. The molecule has 134 valence electrons. The molecule has 0 unspecified atom stereocenters. The number of amides is 1. The number of ether oxygens (including phenoxy) is 1. The molecule has 4 rings (SSSR count). The van der Waals surface area contributed by atoms with Crippen LogP contribution in [0.25, 0.3) is 5.65 Å². The smallest absolute Gasteiger partial charge is 0.231 e. The van der Waals surface area contributed by atoms with Crippen molar-refractivity contribution >= 4 is 11.6 Å². The molecule has 0 saturated carbocycles. The lowest BCUT2D eigenvalue weighted by molar-refractivity contribution is -0.132. The summed E-state index contributed by atoms with van der Waals surface area (Å²) in [5.41, 5.74) is 1.77. The van der Waals surface area contributed by atoms with Gasteiger partial charge in [0, 0.05) is 43.9 Å². The number of hydrogen-bond acceptors (Lipinski definition) is 5. The molecule has 0 aliphatic carbocycles. The molecule has 0 bridgehead atoms. The molecular formula is C19H21N5O2. The van der Waals surface area contributed by atoms with Crippen molar-refractivity contribution in [3.8, 4) is 5.88 Å². The molecule has 4 heterocycles. The molecule has 1 amide bonds. The SMILES string of the molecule is O=C(Cc1cccnc1)N1CCC(COc2ccc3nccn3n2)CC1. The van der Waals surface area contributed by atoms with Gasteiger partial charge >= 0.3 is 0 Å². The Bertz CT molecular complexity index is 872. The number of imidazole rings is 1. The first kappa shape index (κ1) is 16.5. The molecule has 0 spiro atoms. The average molecular weight is 351 g/mol. The summed E-state index contributed by atoms with van der Waals surface area (Å²) in [6.07, 6.45) is 9.31. The quantitative estimate of drug-likeness (QED) is 0.703. The van der Waals surface area contributed by atoms with Gasteiger partial charge in [0.25, 0.3) is 0 Å². The molecule has 1 fully saturated rings. The van der Waals surface area contributed by atoms with Crippen molar-refractivity contribution in [1.29, 1.82) is 0 Å². The third-order valence-corrected chi connectivity index (χ3v) is 4.74. The van der Waals surface area contributed by atoms with Crippen molar-refractivity contribution in [3.63, 3.8) is 0 Å². The summed E-state index contributed by atoms with van der Waals surface area (Å²) in [4.78, 5) is 22.6. The zero-order valence-electron chi connectivity index (χ0n) is 14.5. The molecule has 3 aromatic rings. The summed E-state index contributed by atoms with van der Waals surface area (Å²) in [5.74, 6) is 1.22. The minimum atomic E-state index is 0.171. The monoisotopic (exact) mass is 351 g/mol. The lowest BCUT2D eigenvalue weighted by Gasteiger charge is -2.31. The van der Waals surface area contributed by atoms with Crippen molar-refractivity contribution in [2.45, 2.75) is 19.3 Å². The van der Waals surface area contributed by atoms with Crippen LogP contribution in [-0.4, -0.2) is 50.1 Å². The molecule has 0 N–H and O–H groups in total. The summed E-state index contributed by atoms with van der Waals surface area (Å²) < 4.78 is 7.55. The number of rotatable bonds is 5. The molecule has 7 nitrogen and oxygen atoms in total. The highest BCUT2D eigenvalue weighted by Crippen LogP contribution is 2.19. The van der Waals surface area contributed by atoms with Gasteiger partial charge in [-0.2, -0.15) is 0 Å². The van der Waals surface area contributed by atoms with Crippen LogP contribution in [0.1, 0.15) is 18.4 Å². The topological polar surface area (TPSA) is 72.6 Å². The molecule has 0 atom stereocenters. The van der Waals surface area contributed by atoms with Gasteiger partial charge in [0.1, 0.15) is 0 Å². The number of nitrogens with zero attached hydrogens (tertiary/aromatic N) is 5. The van der Waals surface area contributed by atoms with E-state index >= 15 is 0 Å². The molecular weight excluding hydrogens is 330 g/mol. The Hall–Kier alpha value is -2.96. The first-order valence-electron chi connectivity index (χ1n) is 8.88. The van der Waals surface area contributed by atoms with Crippen LogP contribution in [0, 0.1) is 5.92 Å². The lowest BCUT2D eigenvalue weighted by Crippen LogP contribution is -2.40. The van der Waals surface area contributed by atoms with Gasteiger partial charge in [-0.3, -0.25) is 9.78 Å². The Labute approximate surface area is 151 Å². The maximum Gasteiger partial charge on any atom is 0.231 e. The van der Waals surface area contributed by atoms with Crippen LogP contribution >= 0.6 is 0 Å². The van der Waals surface area contributed by atoms with Gasteiger partial charge < -0.3 is 9.64 Å². The maximum atomic E-state index is 12.4. The van der Waals surface area contributed by atoms with Gasteiger partial charge in [-0.05, 0) is 36.5 Å². The average Bonchev–Trinajstić information content (AvgIpc) is 3.15. The third kappa shape index (κ3) is 3.82. The predicted octanol–water partition coefficient (Wildman–Crippen LogP) is 1.98. The number of pyridine rings is 1. The number of fused-ring (bicyclic) bond motifs is 1. The fraction of sp³-hybridized carbons (Fsp3) is 0.368. The fourth-order valence-electron chi connectivity index (χ4n) is 3.22. The second-order valence-corrected chi connectivity index (χ2v) is 6.57. The van der Waals surface area contributed by atoms with Crippen LogP contribution in [-0.2, 0) is 11.2 Å². The number of aromatic nitrogens is 4. The van der Waals surface area contributed by atoms with Crippen molar-refractivity contribution in [2.24, 2.45) is 5.92 Å². The van der Waals surface area contributed by atoms with Crippen molar-refractivity contribution in [1.82, 2.24) is 24.5 Å². The Balaban J connectivity index is 1.25. The highest BCUT2D eigenvalue weighted by atomic mass is 16.5. The molecule has 0 radical (unpaired) electrons. The highest BCUT2D eigenvalue weighted by Gasteiger charge is 2.23. The van der Waals surface area contributed by atoms with Gasteiger partial charge in [-0.25, -0.2) is 9.50 Å². The first-order valence-corrected chi connectivity index (χ1v) is 8.88. The van der Waals surface area contributed by atoms with E-state index in [0.717, 1.165) is 37.1 Å². The van der Waals surface area contributed by atoms with Crippen molar-refractivity contribution < 1.29 is 9.53 Å². The summed E-state index contributed by atoms with van der Waals surface area (Å²) in [6.45, 7) is 2.18. The van der Waals surface area contributed by atoms with E-state index in [1.807, 2.05) is 29.2 Å². The van der Waals surface area contributed by atoms with Gasteiger partial charge in [-0.15, -0.1) is 5.10 Å². The van der Waals surface area contributed by atoms with Gasteiger partial charge in [-0.1, -0.05) is 6.07 Å². The third-order valence-electron chi connectivity index (χ3n) is 4.74. The molecule has 26 heavy (non-hydrogen) atoms. The summed E-state index contributed by atoms with van der Waals surface area (Å²) in [6, 6.07) is 7.54. The standard InChI is InChI=1S/C19H21N5O2/c25-19(12-16-2-1-7-20-13-16)23-9-5-15(6-10-23)14-26-18-4-3-17-21-8-11-24(17)22-18/h1-4,7-8,11,13,15H,5-6,9-10,12,14H2. The van der Waals surface area contributed by atoms with E-state index < -0.39 is 0 Å². The number of likely N-dealkylation sites (tertiary alicyclic amines) is 1. The number of carbonyl (C=O) groups excluding carboxylic acids is 1. The van der Waals surface area contributed by atoms with Crippen molar-refractivity contribution in [2.75, 3.05) is 19.7 Å². The predicted molar refractivity (Wildman–Crippen MR) is 95.7 cm³/mol. The summed E-state index contributed by atoms with van der Waals surface area (Å²) in [5, 5.41) is 4.37. The number of carbonyl (C=O) groups is 1. The highest BCUT2D eigenvalue weighted by molar-refractivity contribution is 5.78. The molecule has 1 aliphatic rings. The Kier molecular flexibility index (Phi) is 4.77. The first-order chi connectivity index (χ1) is 12.8. The van der Waals surface area contributed by atoms with Gasteiger partial charge in [0.2, 0.25) is 11.8 Å². The van der Waals surface area contributed by atoms with Crippen molar-refractivity contribution in [3.05, 3.63) is 54.6 Å². The van der Waals surface area contributed by atoms with Crippen LogP contribution in [0.3, 0.4) is 0 Å². The van der Waals surface area contributed by atoms with Crippen LogP contribution in [0.15, 0.2) is 49.1 Å². The lowest BCUT2D eigenvalue weighted by atomic mass is 9.97. The van der Waals surface area contributed by atoms with Crippen LogP contribution < -0.4 is 4.74 Å². The minimum absolute atomic E-state index is 0.171. The van der Waals surface area contributed by atoms with Gasteiger partial charge in [0.05, 0.1) is 13.0 Å². The molecule has 7 heteroatoms. The zero-order chi connectivity index (χ0) is 17.8. The number of piperidine rings is 1. The summed E-state index contributed by atoms with van der Waals surface area (Å²) >= 11 is 0. The second kappa shape index (κ2) is 7.51. The normalized spacial score (nSPS) is 15.3. The zero-order valence-corrected chi connectivity index (χ0v) is 14.5. The van der Waals surface area contributed by atoms with E-state index in [4.69, 9.17) is 4.74 Å². The number of hydrogen-bond donors (Lipinski definition) is 0. The van der Waals surface area contributed by atoms with E-state index in [1.165, 1.54) is 0 Å². The van der Waals surface area contributed by atoms with Gasteiger partial charge in [0.15, 0.2) is 5.65 Å². The molecule has 0 aromatic carbocycles. The second-order valence-electron chi connectivity index (χ2n) is 6.57. The van der Waals surface area contributed by atoms with Crippen LogP contribution in [0.5, 0.6) is 5.88 Å². The van der Waals surface area contributed by atoms with Crippen LogP contribution in [0.2, 0.25) is 0 Å². The van der Waals surface area contributed by atoms with E-state index in [1.54, 1.807) is 29.3 Å². The maximum absolute atomic E-state index is 12.4. The Morgan fingerprint density at radius 1 is 1.19 bits per heavy atom. The fourth-order valence-corrected chi connectivity index (χ4v) is 3.22. The Morgan fingerprint density at radius 2 is 2.08 bits per heavy atom. The van der Waals surface area contributed by atoms with E-state index in [-0.39, 0.29) is 5.91 Å². The van der Waals surface area contributed by atoms with Crippen LogP contribution in [0.4, 0.5) is 0 Å². The largest absolute Gasteiger partial charge is 0.476 e. The summed E-state index contributed by atoms with van der Waals surface area (Å²) in [7, 11) is 0. The molecule has 3 aromatic heterocycles. The van der Waals surface area contributed by atoms with E-state index in [9.17, 15) is 4.79 Å². The van der Waals surface area contributed by atoms with E-state index in [2.05, 4.69) is 15.1 Å².